The molecule has 0 atom stereocenters. The highest BCUT2D eigenvalue weighted by molar-refractivity contribution is 6.17. The van der Waals surface area contributed by atoms with Crippen molar-refractivity contribution in [1.82, 2.24) is 0 Å². The highest BCUT2D eigenvalue weighted by Crippen LogP contribution is 2.07. The number of nitrogens with two attached hydrogens (primary N) is 1. The van der Waals surface area contributed by atoms with E-state index in [0.717, 1.165) is 11.1 Å². The Morgan fingerprint density at radius 3 is 2.31 bits per heavy atom. The SMILES string of the molecule is NC(=O)OCc1ccc(CCl)cc1. The molecule has 1 aromatic carbocycles. The maximum atomic E-state index is 10.3. The van der Waals surface area contributed by atoms with Crippen LogP contribution in [-0.4, -0.2) is 6.09 Å². The van der Waals surface area contributed by atoms with Crippen molar-refractivity contribution in [3.63, 3.8) is 0 Å². The quantitative estimate of drug-likeness (QED) is 0.758. The zero-order chi connectivity index (χ0) is 9.68. The fourth-order valence-electron chi connectivity index (χ4n) is 0.879. The van der Waals surface area contributed by atoms with E-state index in [1.807, 2.05) is 24.3 Å². The molecule has 0 aliphatic rings. The summed E-state index contributed by atoms with van der Waals surface area (Å²) in [5.74, 6) is 0.483. The third kappa shape index (κ3) is 3.34. The van der Waals surface area contributed by atoms with Gasteiger partial charge in [0.1, 0.15) is 6.61 Å². The van der Waals surface area contributed by atoms with Gasteiger partial charge in [-0.25, -0.2) is 4.79 Å². The predicted molar refractivity (Wildman–Crippen MR) is 50.4 cm³/mol. The molecule has 0 aromatic heterocycles. The van der Waals surface area contributed by atoms with Gasteiger partial charge in [0.15, 0.2) is 0 Å². The Hall–Kier alpha value is -1.22. The van der Waals surface area contributed by atoms with Gasteiger partial charge >= 0.3 is 6.09 Å². The van der Waals surface area contributed by atoms with E-state index in [1.54, 1.807) is 0 Å². The van der Waals surface area contributed by atoms with Gasteiger partial charge in [-0.1, -0.05) is 24.3 Å². The molecule has 0 aliphatic heterocycles. The van der Waals surface area contributed by atoms with E-state index < -0.39 is 6.09 Å². The molecule has 3 nitrogen and oxygen atoms in total. The van der Waals surface area contributed by atoms with E-state index in [4.69, 9.17) is 17.3 Å². The number of hydrogen-bond acceptors (Lipinski definition) is 2. The van der Waals surface area contributed by atoms with E-state index >= 15 is 0 Å². The highest BCUT2D eigenvalue weighted by atomic mass is 35.5. The van der Waals surface area contributed by atoms with E-state index in [0.29, 0.717) is 5.88 Å². The molecule has 0 heterocycles. The number of ether oxygens (including phenoxy) is 1. The lowest BCUT2D eigenvalue weighted by atomic mass is 10.2. The second-order valence-corrected chi connectivity index (χ2v) is 2.83. The summed E-state index contributed by atoms with van der Waals surface area (Å²) in [6.07, 6.45) is -0.763. The van der Waals surface area contributed by atoms with E-state index in [2.05, 4.69) is 4.74 Å². The van der Waals surface area contributed by atoms with Crippen LogP contribution in [0.25, 0.3) is 0 Å². The molecule has 13 heavy (non-hydrogen) atoms. The van der Waals surface area contributed by atoms with Crippen molar-refractivity contribution in [2.24, 2.45) is 5.73 Å². The molecule has 0 fully saturated rings. The first-order valence-electron chi connectivity index (χ1n) is 3.78. The molecule has 0 spiro atoms. The second-order valence-electron chi connectivity index (χ2n) is 2.56. The monoisotopic (exact) mass is 199 g/mol. The van der Waals surface area contributed by atoms with Gasteiger partial charge < -0.3 is 10.5 Å². The number of benzene rings is 1. The summed E-state index contributed by atoms with van der Waals surface area (Å²) >= 11 is 5.60. The average molecular weight is 200 g/mol. The molecular weight excluding hydrogens is 190 g/mol. The van der Waals surface area contributed by atoms with Crippen molar-refractivity contribution < 1.29 is 9.53 Å². The topological polar surface area (TPSA) is 52.3 Å². The molecule has 70 valence electrons. The zero-order valence-electron chi connectivity index (χ0n) is 7.00. The first-order valence-corrected chi connectivity index (χ1v) is 4.32. The zero-order valence-corrected chi connectivity index (χ0v) is 7.75. The van der Waals surface area contributed by atoms with Gasteiger partial charge in [0.2, 0.25) is 0 Å². The van der Waals surface area contributed by atoms with Crippen LogP contribution in [0.2, 0.25) is 0 Å². The summed E-state index contributed by atoms with van der Waals surface area (Å²) in [7, 11) is 0. The molecular formula is C9H10ClNO2. The van der Waals surface area contributed by atoms with Gasteiger partial charge in [0.05, 0.1) is 0 Å². The molecule has 0 saturated carbocycles. The van der Waals surface area contributed by atoms with Gasteiger partial charge in [0, 0.05) is 5.88 Å². The maximum absolute atomic E-state index is 10.3. The molecule has 1 aromatic rings. The molecule has 0 bridgehead atoms. The smallest absolute Gasteiger partial charge is 0.404 e. The predicted octanol–water partition coefficient (Wildman–Crippen LogP) is 2.02. The van der Waals surface area contributed by atoms with Crippen LogP contribution in [0.15, 0.2) is 24.3 Å². The van der Waals surface area contributed by atoms with Gasteiger partial charge in [-0.3, -0.25) is 0 Å². The number of halogens is 1. The third-order valence-electron chi connectivity index (χ3n) is 1.56. The summed E-state index contributed by atoms with van der Waals surface area (Å²) in [6, 6.07) is 7.46. The Bertz CT molecular complexity index is 284. The van der Waals surface area contributed by atoms with Crippen molar-refractivity contribution in [2.75, 3.05) is 0 Å². The van der Waals surface area contributed by atoms with E-state index in [-0.39, 0.29) is 6.61 Å². The molecule has 4 heteroatoms. The van der Waals surface area contributed by atoms with Crippen LogP contribution in [0.1, 0.15) is 11.1 Å². The number of rotatable bonds is 3. The van der Waals surface area contributed by atoms with Crippen molar-refractivity contribution in [1.29, 1.82) is 0 Å². The summed E-state index contributed by atoms with van der Waals surface area (Å²) in [5.41, 5.74) is 6.74. The van der Waals surface area contributed by atoms with Gasteiger partial charge in [-0.2, -0.15) is 0 Å². The molecule has 2 N–H and O–H groups in total. The Morgan fingerprint density at radius 1 is 1.31 bits per heavy atom. The lowest BCUT2D eigenvalue weighted by Crippen LogP contribution is -2.12. The first kappa shape index (κ1) is 9.86. The molecule has 0 unspecified atom stereocenters. The number of amides is 1. The summed E-state index contributed by atoms with van der Waals surface area (Å²) in [6.45, 7) is 0.206. The number of carbonyl (C=O) groups is 1. The van der Waals surface area contributed by atoms with Crippen LogP contribution >= 0.6 is 11.6 Å². The van der Waals surface area contributed by atoms with Crippen LogP contribution in [0.4, 0.5) is 4.79 Å². The Morgan fingerprint density at radius 2 is 1.85 bits per heavy atom. The fourth-order valence-corrected chi connectivity index (χ4v) is 1.06. The summed E-state index contributed by atoms with van der Waals surface area (Å²) in [5, 5.41) is 0. The van der Waals surface area contributed by atoms with Crippen molar-refractivity contribution in [3.05, 3.63) is 35.4 Å². The maximum Gasteiger partial charge on any atom is 0.404 e. The van der Waals surface area contributed by atoms with Gasteiger partial charge in [-0.15, -0.1) is 11.6 Å². The number of primary amides is 1. The first-order chi connectivity index (χ1) is 6.22. The molecule has 0 saturated heterocycles. The van der Waals surface area contributed by atoms with E-state index in [9.17, 15) is 4.79 Å². The van der Waals surface area contributed by atoms with Crippen molar-refractivity contribution in [2.45, 2.75) is 12.5 Å². The normalized spacial score (nSPS) is 9.62. The Labute approximate surface area is 81.4 Å². The Kier molecular flexibility index (Phi) is 3.58. The highest BCUT2D eigenvalue weighted by Gasteiger charge is 1.96. The molecule has 1 amide bonds. The minimum atomic E-state index is -0.763. The summed E-state index contributed by atoms with van der Waals surface area (Å²) in [4.78, 5) is 10.3. The van der Waals surface area contributed by atoms with Gasteiger partial charge in [0.25, 0.3) is 0 Å². The van der Waals surface area contributed by atoms with Crippen LogP contribution in [0.5, 0.6) is 0 Å². The van der Waals surface area contributed by atoms with Crippen LogP contribution < -0.4 is 5.73 Å². The largest absolute Gasteiger partial charge is 0.445 e. The molecule has 1 rings (SSSR count). The fraction of sp³-hybridized carbons (Fsp3) is 0.222. The molecule has 0 aliphatic carbocycles. The third-order valence-corrected chi connectivity index (χ3v) is 1.87. The lowest BCUT2D eigenvalue weighted by molar-refractivity contribution is 0.150. The van der Waals surface area contributed by atoms with Crippen LogP contribution in [0, 0.1) is 0 Å². The van der Waals surface area contributed by atoms with Crippen molar-refractivity contribution in [3.8, 4) is 0 Å². The van der Waals surface area contributed by atoms with Crippen LogP contribution in [-0.2, 0) is 17.2 Å². The number of alkyl halides is 1. The minimum absolute atomic E-state index is 0.206. The molecule has 0 radical (unpaired) electrons. The average Bonchev–Trinajstić information content (AvgIpc) is 2.15. The minimum Gasteiger partial charge on any atom is -0.445 e. The summed E-state index contributed by atoms with van der Waals surface area (Å²) < 4.78 is 4.61. The van der Waals surface area contributed by atoms with Crippen molar-refractivity contribution >= 4 is 17.7 Å². The second kappa shape index (κ2) is 4.72. The Balaban J connectivity index is 2.54. The number of carbonyl (C=O) groups excluding carboxylic acids is 1. The standard InChI is InChI=1S/C9H10ClNO2/c10-5-7-1-3-8(4-2-7)6-13-9(11)12/h1-4H,5-6H2,(H2,11,12). The van der Waals surface area contributed by atoms with Gasteiger partial charge in [-0.05, 0) is 11.1 Å². The lowest BCUT2D eigenvalue weighted by Gasteiger charge is -2.01. The van der Waals surface area contributed by atoms with Crippen LogP contribution in [0.3, 0.4) is 0 Å². The van der Waals surface area contributed by atoms with E-state index in [1.165, 1.54) is 0 Å². The number of hydrogen-bond donors (Lipinski definition) is 1.